The highest BCUT2D eigenvalue weighted by molar-refractivity contribution is 5.76. The lowest BCUT2D eigenvalue weighted by Crippen LogP contribution is -2.38. The molecule has 188 valence electrons. The third-order valence-corrected chi connectivity index (χ3v) is 7.62. The standard InChI is InChI=1S/C30H33F2N3O/c1-2-34-28-7-3-4-8-29(28)35(30(34)36)26-17-20-33(21-18-26)19-5-6-27(22-9-13-24(31)14-10-22)23-11-15-25(32)16-12-23/h3-4,7-16,26-27H,2,5-6,17-21H2,1H3. The maximum atomic E-state index is 13.5. The molecule has 1 fully saturated rings. The zero-order chi connectivity index (χ0) is 25.1. The molecule has 0 amide bonds. The molecule has 1 saturated heterocycles. The molecule has 6 heteroatoms. The molecule has 4 aromatic rings. The van der Waals surface area contributed by atoms with E-state index in [4.69, 9.17) is 0 Å². The van der Waals surface area contributed by atoms with Gasteiger partial charge in [0.2, 0.25) is 0 Å². The fourth-order valence-corrected chi connectivity index (χ4v) is 5.73. The maximum absolute atomic E-state index is 13.5. The van der Waals surface area contributed by atoms with Gasteiger partial charge in [0.25, 0.3) is 0 Å². The van der Waals surface area contributed by atoms with E-state index in [0.717, 1.165) is 67.5 Å². The predicted molar refractivity (Wildman–Crippen MR) is 140 cm³/mol. The van der Waals surface area contributed by atoms with Gasteiger partial charge in [-0.2, -0.15) is 0 Å². The lowest BCUT2D eigenvalue weighted by Gasteiger charge is -2.33. The highest BCUT2D eigenvalue weighted by Gasteiger charge is 2.25. The summed E-state index contributed by atoms with van der Waals surface area (Å²) in [7, 11) is 0. The van der Waals surface area contributed by atoms with Crippen molar-refractivity contribution in [2.24, 2.45) is 0 Å². The van der Waals surface area contributed by atoms with Crippen molar-refractivity contribution in [3.63, 3.8) is 0 Å². The van der Waals surface area contributed by atoms with Gasteiger partial charge < -0.3 is 4.90 Å². The third-order valence-electron chi connectivity index (χ3n) is 7.62. The van der Waals surface area contributed by atoms with Crippen LogP contribution in [0, 0.1) is 11.6 Å². The summed E-state index contributed by atoms with van der Waals surface area (Å²) >= 11 is 0. The normalized spacial score (nSPS) is 15.2. The molecule has 0 bridgehead atoms. The zero-order valence-corrected chi connectivity index (χ0v) is 20.7. The minimum atomic E-state index is -0.249. The molecule has 0 atom stereocenters. The number of aryl methyl sites for hydroxylation is 1. The van der Waals surface area contributed by atoms with E-state index in [0.29, 0.717) is 6.54 Å². The lowest BCUT2D eigenvalue weighted by atomic mass is 9.87. The second-order valence-electron chi connectivity index (χ2n) is 9.76. The first-order valence-corrected chi connectivity index (χ1v) is 13.0. The average Bonchev–Trinajstić information content (AvgIpc) is 3.19. The molecule has 0 unspecified atom stereocenters. The van der Waals surface area contributed by atoms with Crippen LogP contribution in [0.5, 0.6) is 0 Å². The summed E-state index contributed by atoms with van der Waals surface area (Å²) in [4.78, 5) is 15.6. The molecule has 0 saturated carbocycles. The zero-order valence-electron chi connectivity index (χ0n) is 20.7. The van der Waals surface area contributed by atoms with E-state index in [9.17, 15) is 13.6 Å². The molecule has 0 spiro atoms. The van der Waals surface area contributed by atoms with Crippen molar-refractivity contribution >= 4 is 11.0 Å². The number of hydrogen-bond acceptors (Lipinski definition) is 2. The van der Waals surface area contributed by atoms with Crippen molar-refractivity contribution in [2.75, 3.05) is 19.6 Å². The van der Waals surface area contributed by atoms with Gasteiger partial charge >= 0.3 is 5.69 Å². The van der Waals surface area contributed by atoms with Crippen molar-refractivity contribution in [1.29, 1.82) is 0 Å². The number of piperidine rings is 1. The summed E-state index contributed by atoms with van der Waals surface area (Å²) in [5.41, 5.74) is 4.24. The molecule has 5 rings (SSSR count). The lowest BCUT2D eigenvalue weighted by molar-refractivity contribution is 0.183. The molecule has 3 aromatic carbocycles. The van der Waals surface area contributed by atoms with Crippen LogP contribution in [-0.4, -0.2) is 33.7 Å². The van der Waals surface area contributed by atoms with Gasteiger partial charge in [-0.3, -0.25) is 9.13 Å². The summed E-state index contributed by atoms with van der Waals surface area (Å²) in [5, 5.41) is 0. The van der Waals surface area contributed by atoms with Gasteiger partial charge in [-0.1, -0.05) is 36.4 Å². The summed E-state index contributed by atoms with van der Waals surface area (Å²) in [5.74, 6) is -0.399. The van der Waals surface area contributed by atoms with E-state index >= 15 is 0 Å². The molecule has 0 aliphatic carbocycles. The SMILES string of the molecule is CCn1c(=O)n(C2CCN(CCCC(c3ccc(F)cc3)c3ccc(F)cc3)CC2)c2ccccc21. The van der Waals surface area contributed by atoms with Crippen LogP contribution in [-0.2, 0) is 6.54 Å². The molecule has 0 N–H and O–H groups in total. The predicted octanol–water partition coefficient (Wildman–Crippen LogP) is 6.35. The van der Waals surface area contributed by atoms with Gasteiger partial charge in [-0.15, -0.1) is 0 Å². The minimum Gasteiger partial charge on any atom is -0.303 e. The Bertz CT molecular complexity index is 1300. The topological polar surface area (TPSA) is 30.2 Å². The van der Waals surface area contributed by atoms with E-state index in [1.165, 1.54) is 24.3 Å². The van der Waals surface area contributed by atoms with Crippen molar-refractivity contribution in [3.8, 4) is 0 Å². The number of halogens is 2. The van der Waals surface area contributed by atoms with Gasteiger partial charge in [0.1, 0.15) is 11.6 Å². The number of nitrogens with zero attached hydrogens (tertiary/aromatic N) is 3. The van der Waals surface area contributed by atoms with Gasteiger partial charge in [0.05, 0.1) is 11.0 Å². The van der Waals surface area contributed by atoms with E-state index in [1.807, 2.05) is 58.5 Å². The Kier molecular flexibility index (Phi) is 7.33. The summed E-state index contributed by atoms with van der Waals surface area (Å²) in [6.45, 7) is 5.58. The largest absolute Gasteiger partial charge is 0.329 e. The van der Waals surface area contributed by atoms with Crippen LogP contribution in [0.1, 0.15) is 55.7 Å². The van der Waals surface area contributed by atoms with E-state index in [2.05, 4.69) is 11.0 Å². The monoisotopic (exact) mass is 489 g/mol. The van der Waals surface area contributed by atoms with Crippen molar-refractivity contribution < 1.29 is 8.78 Å². The third kappa shape index (κ3) is 5.00. The van der Waals surface area contributed by atoms with Crippen LogP contribution in [0.2, 0.25) is 0 Å². The molecule has 1 aliphatic heterocycles. The van der Waals surface area contributed by atoms with Crippen LogP contribution < -0.4 is 5.69 Å². The Morgan fingerprint density at radius 2 is 1.39 bits per heavy atom. The number of hydrogen-bond donors (Lipinski definition) is 0. The fraction of sp³-hybridized carbons (Fsp3) is 0.367. The van der Waals surface area contributed by atoms with Crippen molar-refractivity contribution in [2.45, 2.75) is 51.1 Å². The first-order chi connectivity index (χ1) is 17.5. The molecule has 36 heavy (non-hydrogen) atoms. The molecule has 0 radical (unpaired) electrons. The Morgan fingerprint density at radius 3 is 1.94 bits per heavy atom. The molecule has 4 nitrogen and oxygen atoms in total. The van der Waals surface area contributed by atoms with E-state index in [1.54, 1.807) is 0 Å². The van der Waals surface area contributed by atoms with Crippen LogP contribution in [0.15, 0.2) is 77.6 Å². The van der Waals surface area contributed by atoms with Crippen LogP contribution in [0.4, 0.5) is 8.78 Å². The molecule has 2 heterocycles. The maximum Gasteiger partial charge on any atom is 0.329 e. The van der Waals surface area contributed by atoms with E-state index in [-0.39, 0.29) is 29.3 Å². The van der Waals surface area contributed by atoms with Crippen molar-refractivity contribution in [3.05, 3.63) is 106 Å². The highest BCUT2D eigenvalue weighted by atomic mass is 19.1. The number of benzene rings is 3. The van der Waals surface area contributed by atoms with Crippen LogP contribution in [0.25, 0.3) is 11.0 Å². The van der Waals surface area contributed by atoms with Crippen LogP contribution in [0.3, 0.4) is 0 Å². The Hall–Kier alpha value is -3.25. The summed E-state index contributed by atoms with van der Waals surface area (Å²) in [6.07, 6.45) is 3.80. The van der Waals surface area contributed by atoms with Gasteiger partial charge in [-0.25, -0.2) is 13.6 Å². The smallest absolute Gasteiger partial charge is 0.303 e. The number of fused-ring (bicyclic) bond motifs is 1. The number of para-hydroxylation sites is 2. The molecule has 1 aromatic heterocycles. The van der Waals surface area contributed by atoms with Crippen LogP contribution >= 0.6 is 0 Å². The quantitative estimate of drug-likeness (QED) is 0.289. The highest BCUT2D eigenvalue weighted by Crippen LogP contribution is 2.31. The van der Waals surface area contributed by atoms with Gasteiger partial charge in [-0.05, 0) is 86.7 Å². The Balaban J connectivity index is 1.22. The molecule has 1 aliphatic rings. The average molecular weight is 490 g/mol. The second-order valence-corrected chi connectivity index (χ2v) is 9.76. The van der Waals surface area contributed by atoms with Gasteiger partial charge in [0, 0.05) is 31.6 Å². The second kappa shape index (κ2) is 10.8. The molecular formula is C30H33F2N3O. The Morgan fingerprint density at radius 1 is 0.833 bits per heavy atom. The first-order valence-electron chi connectivity index (χ1n) is 13.0. The number of likely N-dealkylation sites (tertiary alicyclic amines) is 1. The van der Waals surface area contributed by atoms with Gasteiger partial charge in [0.15, 0.2) is 0 Å². The summed E-state index contributed by atoms with van der Waals surface area (Å²) in [6, 6.07) is 21.6. The van der Waals surface area contributed by atoms with E-state index < -0.39 is 0 Å². The number of aromatic nitrogens is 2. The number of imidazole rings is 1. The fourth-order valence-electron chi connectivity index (χ4n) is 5.73. The Labute approximate surface area is 210 Å². The number of rotatable bonds is 8. The summed E-state index contributed by atoms with van der Waals surface area (Å²) < 4.78 is 30.9. The first kappa shape index (κ1) is 24.4. The minimum absolute atomic E-state index is 0.0959. The molecular weight excluding hydrogens is 456 g/mol. The van der Waals surface area contributed by atoms with Crippen molar-refractivity contribution in [1.82, 2.24) is 14.0 Å².